The van der Waals surface area contributed by atoms with E-state index >= 15 is 0 Å². The topological polar surface area (TPSA) is 35.5 Å². The number of ether oxygens (including phenoxy) is 2. The van der Waals surface area contributed by atoms with Crippen LogP contribution in [0, 0.1) is 6.92 Å². The van der Waals surface area contributed by atoms with Gasteiger partial charge < -0.3 is 9.47 Å². The lowest BCUT2D eigenvalue weighted by Crippen LogP contribution is -1.97. The van der Waals surface area contributed by atoms with Gasteiger partial charge in [0.05, 0.1) is 19.3 Å². The highest BCUT2D eigenvalue weighted by Crippen LogP contribution is 2.30. The molecule has 0 saturated carbocycles. The summed E-state index contributed by atoms with van der Waals surface area (Å²) in [7, 11) is 1.57. The van der Waals surface area contributed by atoms with E-state index in [0.29, 0.717) is 11.3 Å². The maximum atomic E-state index is 10.9. The number of carbonyl (C=O) groups excluding carboxylic acids is 1. The predicted molar refractivity (Wildman–Crippen MR) is 84.3 cm³/mol. The van der Waals surface area contributed by atoms with E-state index in [9.17, 15) is 4.79 Å². The van der Waals surface area contributed by atoms with E-state index < -0.39 is 0 Å². The number of rotatable bonds is 6. The Morgan fingerprint density at radius 1 is 1.05 bits per heavy atom. The Morgan fingerprint density at radius 3 is 2.38 bits per heavy atom. The van der Waals surface area contributed by atoms with Crippen LogP contribution in [0.15, 0.2) is 36.4 Å². The predicted octanol–water partition coefficient (Wildman–Crippen LogP) is 4.27. The maximum Gasteiger partial charge on any atom is 0.153 e. The molecule has 0 saturated heterocycles. The average molecular weight is 284 g/mol. The molecule has 0 amide bonds. The molecule has 0 heterocycles. The van der Waals surface area contributed by atoms with E-state index in [0.717, 1.165) is 41.8 Å². The van der Waals surface area contributed by atoms with Crippen LogP contribution in [0.3, 0.4) is 0 Å². The minimum absolute atomic E-state index is 0.556. The lowest BCUT2D eigenvalue weighted by molar-refractivity contribution is 0.112. The van der Waals surface area contributed by atoms with Gasteiger partial charge in [0.15, 0.2) is 6.29 Å². The molecule has 0 radical (unpaired) electrons. The summed E-state index contributed by atoms with van der Waals surface area (Å²) in [5.41, 5.74) is 3.75. The fraction of sp³-hybridized carbons (Fsp3) is 0.278. The van der Waals surface area contributed by atoms with Crippen molar-refractivity contribution in [2.24, 2.45) is 0 Å². The summed E-state index contributed by atoms with van der Waals surface area (Å²) in [5, 5.41) is 0. The highest BCUT2D eigenvalue weighted by atomic mass is 16.5. The Bertz CT molecular complexity index is 632. The van der Waals surface area contributed by atoms with Crippen molar-refractivity contribution in [3.63, 3.8) is 0 Å². The third kappa shape index (κ3) is 3.43. The van der Waals surface area contributed by atoms with Gasteiger partial charge in [0.2, 0.25) is 0 Å². The van der Waals surface area contributed by atoms with Crippen LogP contribution in [0.2, 0.25) is 0 Å². The van der Waals surface area contributed by atoms with E-state index in [1.807, 2.05) is 31.2 Å². The zero-order valence-corrected chi connectivity index (χ0v) is 12.7. The summed E-state index contributed by atoms with van der Waals surface area (Å²) >= 11 is 0. The van der Waals surface area contributed by atoms with Gasteiger partial charge in [-0.1, -0.05) is 19.1 Å². The number of carbonyl (C=O) groups is 1. The van der Waals surface area contributed by atoms with E-state index in [1.54, 1.807) is 13.2 Å². The van der Waals surface area contributed by atoms with Crippen molar-refractivity contribution in [1.29, 1.82) is 0 Å². The Kier molecular flexibility index (Phi) is 4.99. The minimum Gasteiger partial charge on any atom is -0.496 e. The Balaban J connectivity index is 2.34. The van der Waals surface area contributed by atoms with Crippen LogP contribution in [-0.2, 0) is 0 Å². The Labute approximate surface area is 125 Å². The number of hydrogen-bond acceptors (Lipinski definition) is 3. The summed E-state index contributed by atoms with van der Waals surface area (Å²) in [6, 6.07) is 11.7. The Hall–Kier alpha value is -2.29. The van der Waals surface area contributed by atoms with Gasteiger partial charge in [0.25, 0.3) is 0 Å². The summed E-state index contributed by atoms with van der Waals surface area (Å²) in [6.45, 7) is 4.85. The van der Waals surface area contributed by atoms with Crippen LogP contribution in [0.25, 0.3) is 11.1 Å². The van der Waals surface area contributed by atoms with Crippen molar-refractivity contribution in [2.75, 3.05) is 13.7 Å². The number of aldehydes is 1. The molecule has 2 rings (SSSR count). The normalized spacial score (nSPS) is 10.2. The second kappa shape index (κ2) is 6.93. The first kappa shape index (κ1) is 15.1. The SMILES string of the molecule is CCCOc1ccc(-c2ccc(C=O)c(OC)c2)cc1C. The van der Waals surface area contributed by atoms with E-state index in [2.05, 4.69) is 13.0 Å². The number of methoxy groups -OCH3 is 1. The van der Waals surface area contributed by atoms with Gasteiger partial charge in [-0.2, -0.15) is 0 Å². The fourth-order valence-corrected chi connectivity index (χ4v) is 2.19. The molecule has 0 atom stereocenters. The van der Waals surface area contributed by atoms with Crippen LogP contribution in [0.4, 0.5) is 0 Å². The second-order valence-electron chi connectivity index (χ2n) is 4.90. The molecule has 0 spiro atoms. The monoisotopic (exact) mass is 284 g/mol. The molecule has 0 aliphatic carbocycles. The van der Waals surface area contributed by atoms with Crippen LogP contribution < -0.4 is 9.47 Å². The van der Waals surface area contributed by atoms with Crippen LogP contribution in [0.1, 0.15) is 29.3 Å². The van der Waals surface area contributed by atoms with Crippen LogP contribution in [0.5, 0.6) is 11.5 Å². The first-order chi connectivity index (χ1) is 10.2. The Morgan fingerprint density at radius 2 is 1.76 bits per heavy atom. The summed E-state index contributed by atoms with van der Waals surface area (Å²) in [6.07, 6.45) is 1.79. The molecule has 0 unspecified atom stereocenters. The quantitative estimate of drug-likeness (QED) is 0.743. The van der Waals surface area contributed by atoms with Crippen LogP contribution in [-0.4, -0.2) is 20.0 Å². The molecule has 0 bridgehead atoms. The second-order valence-corrected chi connectivity index (χ2v) is 4.90. The molecule has 0 aliphatic heterocycles. The zero-order chi connectivity index (χ0) is 15.2. The minimum atomic E-state index is 0.556. The molecular weight excluding hydrogens is 264 g/mol. The van der Waals surface area contributed by atoms with Crippen LogP contribution >= 0.6 is 0 Å². The molecule has 21 heavy (non-hydrogen) atoms. The molecule has 3 nitrogen and oxygen atoms in total. The summed E-state index contributed by atoms with van der Waals surface area (Å²) in [4.78, 5) is 10.9. The smallest absolute Gasteiger partial charge is 0.153 e. The third-order valence-corrected chi connectivity index (χ3v) is 3.33. The van der Waals surface area contributed by atoms with Gasteiger partial charge in [-0.05, 0) is 54.3 Å². The van der Waals surface area contributed by atoms with Crippen molar-refractivity contribution in [2.45, 2.75) is 20.3 Å². The molecule has 0 fully saturated rings. The van der Waals surface area contributed by atoms with E-state index in [4.69, 9.17) is 9.47 Å². The number of aryl methyl sites for hydroxylation is 1. The summed E-state index contributed by atoms with van der Waals surface area (Å²) in [5.74, 6) is 1.50. The highest BCUT2D eigenvalue weighted by molar-refractivity contribution is 5.82. The zero-order valence-electron chi connectivity index (χ0n) is 12.7. The van der Waals surface area contributed by atoms with Gasteiger partial charge in [-0.3, -0.25) is 4.79 Å². The third-order valence-electron chi connectivity index (χ3n) is 3.33. The highest BCUT2D eigenvalue weighted by Gasteiger charge is 2.07. The van der Waals surface area contributed by atoms with Crippen molar-refractivity contribution >= 4 is 6.29 Å². The van der Waals surface area contributed by atoms with Crippen molar-refractivity contribution in [3.8, 4) is 22.6 Å². The van der Waals surface area contributed by atoms with Crippen molar-refractivity contribution in [3.05, 3.63) is 47.5 Å². The molecule has 2 aromatic carbocycles. The van der Waals surface area contributed by atoms with Gasteiger partial charge in [-0.15, -0.1) is 0 Å². The van der Waals surface area contributed by atoms with Gasteiger partial charge in [0, 0.05) is 0 Å². The summed E-state index contributed by atoms with van der Waals surface area (Å²) < 4.78 is 10.9. The van der Waals surface area contributed by atoms with Crippen molar-refractivity contribution < 1.29 is 14.3 Å². The standard InChI is InChI=1S/C18H20O3/c1-4-9-21-17-8-7-14(10-13(17)2)15-5-6-16(12-19)18(11-15)20-3/h5-8,10-12H,4,9H2,1-3H3. The fourth-order valence-electron chi connectivity index (χ4n) is 2.19. The van der Waals surface area contributed by atoms with E-state index in [1.165, 1.54) is 0 Å². The first-order valence-corrected chi connectivity index (χ1v) is 7.06. The molecule has 0 aliphatic rings. The number of hydrogen-bond donors (Lipinski definition) is 0. The van der Waals surface area contributed by atoms with Crippen molar-refractivity contribution in [1.82, 2.24) is 0 Å². The first-order valence-electron chi connectivity index (χ1n) is 7.06. The molecule has 0 aromatic heterocycles. The van der Waals surface area contributed by atoms with E-state index in [-0.39, 0.29) is 0 Å². The molecular formula is C18H20O3. The average Bonchev–Trinajstić information content (AvgIpc) is 2.53. The molecule has 110 valence electrons. The lowest BCUT2D eigenvalue weighted by Gasteiger charge is -2.11. The molecule has 0 N–H and O–H groups in total. The lowest BCUT2D eigenvalue weighted by atomic mass is 10.0. The molecule has 3 heteroatoms. The number of benzene rings is 2. The molecule has 2 aromatic rings. The maximum absolute atomic E-state index is 10.9. The largest absolute Gasteiger partial charge is 0.496 e. The van der Waals surface area contributed by atoms with Gasteiger partial charge in [0.1, 0.15) is 11.5 Å². The van der Waals surface area contributed by atoms with Gasteiger partial charge in [-0.25, -0.2) is 0 Å². The van der Waals surface area contributed by atoms with Gasteiger partial charge >= 0.3 is 0 Å².